The Kier molecular flexibility index (Phi) is 8.01. The van der Waals surface area contributed by atoms with Crippen molar-refractivity contribution in [3.63, 3.8) is 0 Å². The van der Waals surface area contributed by atoms with Gasteiger partial charge < -0.3 is 14.8 Å². The van der Waals surface area contributed by atoms with Gasteiger partial charge >= 0.3 is 17.8 Å². The van der Waals surface area contributed by atoms with Gasteiger partial charge in [-0.15, -0.1) is 0 Å². The zero-order chi connectivity index (χ0) is 23.8. The van der Waals surface area contributed by atoms with E-state index in [2.05, 4.69) is 15.8 Å². The Morgan fingerprint density at radius 1 is 0.909 bits per heavy atom. The third kappa shape index (κ3) is 6.55. The predicted molar refractivity (Wildman–Crippen MR) is 125 cm³/mol. The van der Waals surface area contributed by atoms with Crippen molar-refractivity contribution >= 4 is 52.9 Å². The van der Waals surface area contributed by atoms with Crippen molar-refractivity contribution in [1.29, 1.82) is 0 Å². The quantitative estimate of drug-likeness (QED) is 0.178. The van der Waals surface area contributed by atoms with Crippen LogP contribution in [0.1, 0.15) is 15.9 Å². The second-order valence-electron chi connectivity index (χ2n) is 6.44. The molecule has 8 nitrogen and oxygen atoms in total. The van der Waals surface area contributed by atoms with Crippen molar-refractivity contribution in [2.45, 2.75) is 0 Å². The normalized spacial score (nSPS) is 10.5. The van der Waals surface area contributed by atoms with E-state index in [0.29, 0.717) is 26.9 Å². The Bertz CT molecular complexity index is 1210. The Labute approximate surface area is 199 Å². The summed E-state index contributed by atoms with van der Waals surface area (Å²) in [5.74, 6) is -2.03. The maximum absolute atomic E-state index is 12.3. The second kappa shape index (κ2) is 11.1. The minimum Gasteiger partial charge on any atom is -0.493 e. The number of ether oxygens (including phenoxy) is 2. The van der Waals surface area contributed by atoms with Crippen LogP contribution in [0, 0.1) is 0 Å². The van der Waals surface area contributed by atoms with Crippen LogP contribution >= 0.6 is 23.2 Å². The van der Waals surface area contributed by atoms with Gasteiger partial charge in [0.25, 0.3) is 0 Å². The van der Waals surface area contributed by atoms with E-state index in [0.717, 1.165) is 0 Å². The highest BCUT2D eigenvalue weighted by atomic mass is 35.5. The average Bonchev–Trinajstić information content (AvgIpc) is 2.81. The first-order valence-corrected chi connectivity index (χ1v) is 10.2. The molecule has 0 saturated heterocycles. The van der Waals surface area contributed by atoms with Gasteiger partial charge in [0.15, 0.2) is 11.5 Å². The minimum absolute atomic E-state index is 0.192. The summed E-state index contributed by atoms with van der Waals surface area (Å²) in [7, 11) is 1.41. The maximum Gasteiger partial charge on any atom is 0.343 e. The lowest BCUT2D eigenvalue weighted by atomic mass is 10.2. The summed E-state index contributed by atoms with van der Waals surface area (Å²) in [5, 5.41) is 6.94. The number of amides is 2. The van der Waals surface area contributed by atoms with E-state index in [-0.39, 0.29) is 11.5 Å². The lowest BCUT2D eigenvalue weighted by Crippen LogP contribution is -2.32. The van der Waals surface area contributed by atoms with Gasteiger partial charge in [0.1, 0.15) is 0 Å². The van der Waals surface area contributed by atoms with Crippen molar-refractivity contribution < 1.29 is 23.9 Å². The van der Waals surface area contributed by atoms with Crippen LogP contribution in [0.25, 0.3) is 0 Å². The molecular weight excluding hydrogens is 469 g/mol. The standard InChI is InChI=1S/C23H17Cl2N3O5/c1-32-20-12-14(6-11-19(20)33-23(31)15-7-9-16(24)10-8-15)13-26-28-22(30)21(29)27-18-5-3-2-4-17(18)25/h2-13H,1H3,(H,27,29)(H,28,30)/b26-13+. The number of halogens is 2. The van der Waals surface area contributed by atoms with Gasteiger partial charge in [-0.05, 0) is 60.2 Å². The van der Waals surface area contributed by atoms with Gasteiger partial charge in [-0.25, -0.2) is 10.2 Å². The number of benzene rings is 3. The summed E-state index contributed by atoms with van der Waals surface area (Å²) >= 11 is 11.8. The molecule has 0 fully saturated rings. The highest BCUT2D eigenvalue weighted by Crippen LogP contribution is 2.28. The second-order valence-corrected chi connectivity index (χ2v) is 7.28. The number of rotatable bonds is 6. The molecule has 0 saturated carbocycles. The Hall–Kier alpha value is -3.88. The summed E-state index contributed by atoms with van der Waals surface area (Å²) in [6.07, 6.45) is 1.30. The molecule has 0 aliphatic heterocycles. The first-order chi connectivity index (χ1) is 15.9. The van der Waals surface area contributed by atoms with E-state index < -0.39 is 17.8 Å². The summed E-state index contributed by atoms with van der Waals surface area (Å²) in [5.41, 5.74) is 3.26. The van der Waals surface area contributed by atoms with Crippen LogP contribution in [0.2, 0.25) is 10.0 Å². The summed E-state index contributed by atoms with van der Waals surface area (Å²) < 4.78 is 10.6. The summed E-state index contributed by atoms with van der Waals surface area (Å²) in [4.78, 5) is 36.2. The largest absolute Gasteiger partial charge is 0.493 e. The average molecular weight is 486 g/mol. The van der Waals surface area contributed by atoms with Crippen LogP contribution in [0.15, 0.2) is 71.8 Å². The van der Waals surface area contributed by atoms with E-state index >= 15 is 0 Å². The molecule has 0 aromatic heterocycles. The van der Waals surface area contributed by atoms with Crippen LogP contribution in [0.3, 0.4) is 0 Å². The molecule has 33 heavy (non-hydrogen) atoms. The van der Waals surface area contributed by atoms with Gasteiger partial charge in [0, 0.05) is 5.02 Å². The van der Waals surface area contributed by atoms with E-state index in [9.17, 15) is 14.4 Å². The number of carbonyl (C=O) groups excluding carboxylic acids is 3. The number of nitrogens with one attached hydrogen (secondary N) is 2. The van der Waals surface area contributed by atoms with E-state index in [1.165, 1.54) is 19.4 Å². The lowest BCUT2D eigenvalue weighted by Gasteiger charge is -2.10. The van der Waals surface area contributed by atoms with Crippen LogP contribution in [-0.2, 0) is 9.59 Å². The Morgan fingerprint density at radius 2 is 1.64 bits per heavy atom. The van der Waals surface area contributed by atoms with Gasteiger partial charge in [0.2, 0.25) is 0 Å². The van der Waals surface area contributed by atoms with Crippen molar-refractivity contribution in [1.82, 2.24) is 5.43 Å². The third-order valence-corrected chi connectivity index (χ3v) is 4.76. The molecule has 0 unspecified atom stereocenters. The van der Waals surface area contributed by atoms with Crippen molar-refractivity contribution in [2.24, 2.45) is 5.10 Å². The molecule has 2 amide bonds. The first kappa shape index (κ1) is 23.8. The van der Waals surface area contributed by atoms with Crippen LogP contribution in [0.5, 0.6) is 11.5 Å². The first-order valence-electron chi connectivity index (χ1n) is 9.42. The summed E-state index contributed by atoms with van der Waals surface area (Å²) in [6, 6.07) is 17.4. The number of anilines is 1. The molecule has 0 aliphatic rings. The van der Waals surface area contributed by atoms with Crippen molar-refractivity contribution in [2.75, 3.05) is 12.4 Å². The number of nitrogens with zero attached hydrogens (tertiary/aromatic N) is 1. The van der Waals surface area contributed by atoms with Gasteiger partial charge in [-0.1, -0.05) is 35.3 Å². The fourth-order valence-electron chi connectivity index (χ4n) is 2.55. The van der Waals surface area contributed by atoms with Crippen LogP contribution in [0.4, 0.5) is 5.69 Å². The topological polar surface area (TPSA) is 106 Å². The number of carbonyl (C=O) groups is 3. The monoisotopic (exact) mass is 485 g/mol. The molecule has 2 N–H and O–H groups in total. The van der Waals surface area contributed by atoms with Gasteiger partial charge in [-0.3, -0.25) is 9.59 Å². The smallest absolute Gasteiger partial charge is 0.343 e. The fourth-order valence-corrected chi connectivity index (χ4v) is 2.86. The SMILES string of the molecule is COc1cc(/C=N/NC(=O)C(=O)Nc2ccccc2Cl)ccc1OC(=O)c1ccc(Cl)cc1. The van der Waals surface area contributed by atoms with Crippen LogP contribution in [-0.4, -0.2) is 31.1 Å². The van der Waals surface area contributed by atoms with Crippen molar-refractivity contribution in [3.8, 4) is 11.5 Å². The third-order valence-electron chi connectivity index (χ3n) is 4.18. The summed E-state index contributed by atoms with van der Waals surface area (Å²) in [6.45, 7) is 0. The molecule has 10 heteroatoms. The zero-order valence-corrected chi connectivity index (χ0v) is 18.7. The number of hydrogen-bond acceptors (Lipinski definition) is 6. The Morgan fingerprint density at radius 3 is 2.33 bits per heavy atom. The number of esters is 1. The van der Waals surface area contributed by atoms with Gasteiger partial charge in [0.05, 0.1) is 29.6 Å². The number of hydrogen-bond donors (Lipinski definition) is 2. The zero-order valence-electron chi connectivity index (χ0n) is 17.2. The van der Waals surface area contributed by atoms with E-state index in [4.69, 9.17) is 32.7 Å². The number of hydrazone groups is 1. The molecule has 0 aliphatic carbocycles. The number of methoxy groups -OCH3 is 1. The van der Waals surface area contributed by atoms with Gasteiger partial charge in [-0.2, -0.15) is 5.10 Å². The lowest BCUT2D eigenvalue weighted by molar-refractivity contribution is -0.136. The van der Waals surface area contributed by atoms with Crippen LogP contribution < -0.4 is 20.2 Å². The Balaban J connectivity index is 1.61. The van der Waals surface area contributed by atoms with E-state index in [1.54, 1.807) is 60.7 Å². The molecule has 0 atom stereocenters. The maximum atomic E-state index is 12.3. The molecule has 3 aromatic rings. The highest BCUT2D eigenvalue weighted by molar-refractivity contribution is 6.41. The molecule has 3 rings (SSSR count). The molecule has 0 bridgehead atoms. The minimum atomic E-state index is -0.980. The molecule has 0 heterocycles. The molecular formula is C23H17Cl2N3O5. The molecule has 168 valence electrons. The predicted octanol–water partition coefficient (Wildman–Crippen LogP) is 4.31. The van der Waals surface area contributed by atoms with E-state index in [1.807, 2.05) is 0 Å². The highest BCUT2D eigenvalue weighted by Gasteiger charge is 2.15. The molecule has 3 aromatic carbocycles. The fraction of sp³-hybridized carbons (Fsp3) is 0.0435. The molecule has 0 spiro atoms. The number of para-hydroxylation sites is 1. The van der Waals surface area contributed by atoms with Crippen molar-refractivity contribution in [3.05, 3.63) is 87.9 Å². The molecule has 0 radical (unpaired) electrons.